The Morgan fingerprint density at radius 3 is 0.897 bits per heavy atom. The molecule has 788 valence electrons. The molecular formula is C91H106Br2Cl2F10N26O15. The Labute approximate surface area is 853 Å². The molecule has 18 rings (SSSR count). The van der Waals surface area contributed by atoms with Crippen LogP contribution in [0.1, 0.15) is 250 Å². The minimum absolute atomic E-state index is 0. The van der Waals surface area contributed by atoms with Crippen molar-refractivity contribution in [3.05, 3.63) is 197 Å². The van der Waals surface area contributed by atoms with Crippen molar-refractivity contribution in [2.24, 2.45) is 5.73 Å². The fourth-order valence-corrected chi connectivity index (χ4v) is 18.5. The van der Waals surface area contributed by atoms with Crippen LogP contribution in [-0.4, -0.2) is 151 Å². The quantitative estimate of drug-likeness (QED) is 0.0597. The molecule has 9 aromatic rings. The number of nitrogens with two attached hydrogens (primary N) is 4. The molecule has 0 radical (unpaired) electrons. The molecule has 0 saturated heterocycles. The lowest BCUT2D eigenvalue weighted by Crippen LogP contribution is -2.51. The number of Topliss-reactive ketones (excluding diaryl/α,β-unsaturated/α-hetero) is 1. The molecule has 0 bridgehead atoms. The van der Waals surface area contributed by atoms with Gasteiger partial charge in [0.1, 0.15) is 157 Å². The van der Waals surface area contributed by atoms with Crippen LogP contribution in [0, 0.1) is 34.6 Å². The van der Waals surface area contributed by atoms with E-state index in [0.717, 1.165) is 0 Å². The third kappa shape index (κ3) is 26.9. The smallest absolute Gasteiger partial charge is 0.413 e. The zero-order valence-electron chi connectivity index (χ0n) is 80.3. The second-order valence-corrected chi connectivity index (χ2v) is 39.6. The minimum atomic E-state index is -2.83. The molecular weight excluding hydrogens is 2120 g/mol. The maximum absolute atomic E-state index is 13.8. The van der Waals surface area contributed by atoms with Gasteiger partial charge in [-0.15, -0.1) is 24.8 Å². The number of anilines is 11. The summed E-state index contributed by atoms with van der Waals surface area (Å²) in [5.41, 5.74) is 18.2. The predicted octanol–water partition coefficient (Wildman–Crippen LogP) is 14.5. The van der Waals surface area contributed by atoms with Gasteiger partial charge >= 0.3 is 12.2 Å². The van der Waals surface area contributed by atoms with E-state index in [9.17, 15) is 106 Å². The van der Waals surface area contributed by atoms with E-state index in [4.69, 9.17) is 32.4 Å². The van der Waals surface area contributed by atoms with E-state index in [1.54, 1.807) is 100 Å². The number of alkyl halides is 10. The molecule has 9 aromatic heterocycles. The first-order valence-corrected chi connectivity index (χ1v) is 46.5. The lowest BCUT2D eigenvalue weighted by atomic mass is 9.86. The van der Waals surface area contributed by atoms with Gasteiger partial charge < -0.3 is 74.6 Å². The van der Waals surface area contributed by atoms with Crippen LogP contribution in [0.3, 0.4) is 0 Å². The fourth-order valence-electron chi connectivity index (χ4n) is 17.6. The summed E-state index contributed by atoms with van der Waals surface area (Å²) in [4.78, 5) is 191. The van der Waals surface area contributed by atoms with Crippen molar-refractivity contribution >= 4 is 168 Å². The van der Waals surface area contributed by atoms with E-state index in [1.807, 2.05) is 0 Å². The highest BCUT2D eigenvalue weighted by Gasteiger charge is 2.56. The van der Waals surface area contributed by atoms with Gasteiger partial charge in [-0.05, 0) is 218 Å². The first kappa shape index (κ1) is 114. The highest BCUT2D eigenvalue weighted by molar-refractivity contribution is 9.10. The number of nitrogens with zero attached hydrogens (tertiary/aromatic N) is 12. The lowest BCUT2D eigenvalue weighted by molar-refractivity contribution is -0.128. The Morgan fingerprint density at radius 1 is 0.356 bits per heavy atom. The molecule has 41 nitrogen and oxygen atoms in total. The van der Waals surface area contributed by atoms with Crippen LogP contribution in [0.2, 0.25) is 0 Å². The standard InChI is InChI=1S/C22H26F2N6O4.2C17H18F2N6O2.C13H13BrF2N2O2.C9H14N4O2.C7H7BrN2O2.C6H8F2O.2ClH/c1-12-9-13(27-14-10-15(26-11-25-14)28-19(33)34-20(2,3)4)18(32)30-16(12)17(31)29-22(30)7-5-21(23,24)6-8-22;2*1-9-6-10(23-12-7-11(20)21-8-22-12)15(27)25-13(9)14(26)24-17(25)4-2-16(18,19)3-5-17;1-7-6-8(14)11(20)18-9(7)10(19)17-13(18)4-2-12(15,16)3-5-13;1-9(2,3)15-8(14)13-7-4-6(10)11-5-12-7;1-3-2-4(8)7(12)10-5(3)6(9)11;7-6(8)3-1-5(9)2-4-6;;/h9-11H,5-8H2,1-4H3,(H,29,31)(H2,25,26,27,28,33);2*6-8H,2-5H2,1H3,(H,24,26)(H3,20,21,22,23);6H,2-5H2,1H3,(H,17,19);4-5H,1-3H3,(H3,10,11,12,13,14);2H,1H3,(H2,9,11)(H,10,12);1-4H2;2*1H. The number of aromatic nitrogens is 13. The van der Waals surface area contributed by atoms with Gasteiger partial charge in [0.05, 0.1) is 8.95 Å². The summed E-state index contributed by atoms with van der Waals surface area (Å²) in [6.07, 6.45) is 0.228. The number of rotatable bonds is 9. The van der Waals surface area contributed by atoms with Crippen LogP contribution in [-0.2, 0) is 36.9 Å². The molecule has 18 N–H and O–H groups in total. The Balaban J connectivity index is 0.000000180. The molecule has 0 atom stereocenters. The number of primary amides is 1. The number of halogens is 14. The molecule has 5 saturated carbocycles. The van der Waals surface area contributed by atoms with Crippen LogP contribution < -0.4 is 98.6 Å². The minimum Gasteiger partial charge on any atom is -0.444 e. The summed E-state index contributed by atoms with van der Waals surface area (Å²) < 4.78 is 150. The van der Waals surface area contributed by atoms with Crippen molar-refractivity contribution in [3.63, 3.8) is 0 Å². The van der Waals surface area contributed by atoms with Crippen molar-refractivity contribution in [1.82, 2.24) is 84.4 Å². The van der Waals surface area contributed by atoms with Gasteiger partial charge in [0, 0.05) is 101 Å². The number of ether oxygens (including phenoxy) is 2. The van der Waals surface area contributed by atoms with Gasteiger partial charge in [-0.1, -0.05) is 0 Å². The van der Waals surface area contributed by atoms with E-state index >= 15 is 0 Å². The van der Waals surface area contributed by atoms with Crippen molar-refractivity contribution in [2.75, 3.05) is 43.8 Å². The first-order chi connectivity index (χ1) is 66.9. The maximum atomic E-state index is 13.8. The zero-order valence-corrected chi connectivity index (χ0v) is 85.1. The number of nitrogen functional groups attached to an aromatic ring is 3. The lowest BCUT2D eigenvalue weighted by Gasteiger charge is -2.38. The summed E-state index contributed by atoms with van der Waals surface area (Å²) in [6, 6.07) is 13.5. The Bertz CT molecular complexity index is 6710. The summed E-state index contributed by atoms with van der Waals surface area (Å²) >= 11 is 6.20. The van der Waals surface area contributed by atoms with E-state index in [2.05, 4.69) is 125 Å². The summed E-state index contributed by atoms with van der Waals surface area (Å²) in [5.74, 6) is -13.9. The maximum Gasteiger partial charge on any atom is 0.413 e. The number of aromatic amines is 1. The number of fused-ring (bicyclic) bond motifs is 8. The highest BCUT2D eigenvalue weighted by atomic mass is 79.9. The summed E-state index contributed by atoms with van der Waals surface area (Å²) in [5, 5.41) is 24.7. The summed E-state index contributed by atoms with van der Waals surface area (Å²) in [6.45, 7) is 19.0. The SMILES string of the molecule is CC(C)(C)OC(=O)Nc1cc(N)ncn1.Cc1cc(Br)c(=O)[nH]c1C(N)=O.Cc1cc(Br)c(=O)n2c1C(=O)NC21CCC(F)(F)CC1.Cc1cc(Nc2cc(N)ncn2)c(=O)n2c1C(=O)NC21CCC(F)(F)CC1.Cc1cc(Nc2cc(N)ncn2)c(=O)n2c1C(=O)NC21CCC(F)(F)CC1.Cc1cc(Nc2cc(NC(=O)OC(C)(C)C)ncn2)c(=O)n2c1C(=O)NC21CCC(F)(F)CC1.Cl.Cl.O=C1CCC(F)(F)CC1. The van der Waals surface area contributed by atoms with Gasteiger partial charge in [-0.2, -0.15) is 0 Å². The Kier molecular flexibility index (Phi) is 34.3. The summed E-state index contributed by atoms with van der Waals surface area (Å²) in [7, 11) is 0. The van der Waals surface area contributed by atoms with Crippen molar-refractivity contribution in [2.45, 2.75) is 268 Å². The van der Waals surface area contributed by atoms with Crippen LogP contribution in [0.4, 0.5) is 117 Å². The number of aryl methyl sites for hydroxylation is 5. The normalized spacial score (nSPS) is 18.1. The molecule has 7 amide bonds. The van der Waals surface area contributed by atoms with Gasteiger partial charge in [-0.25, -0.2) is 93.4 Å². The number of hydrogen-bond donors (Lipinski definition) is 14. The second-order valence-electron chi connectivity index (χ2n) is 37.9. The van der Waals surface area contributed by atoms with Crippen molar-refractivity contribution in [1.29, 1.82) is 0 Å². The molecule has 4 aliphatic heterocycles. The van der Waals surface area contributed by atoms with Crippen LogP contribution in [0.25, 0.3) is 0 Å². The van der Waals surface area contributed by atoms with E-state index < -0.39 is 154 Å². The molecule has 0 unspecified atom stereocenters. The second kappa shape index (κ2) is 43.9. The number of nitrogens with one attached hydrogen (secondary N) is 10. The van der Waals surface area contributed by atoms with Crippen molar-refractivity contribution < 1.29 is 91.7 Å². The van der Waals surface area contributed by atoms with Crippen LogP contribution >= 0.6 is 56.7 Å². The van der Waals surface area contributed by atoms with Gasteiger partial charge in [0.25, 0.3) is 57.3 Å². The topological polar surface area (TPSA) is 591 Å². The molecule has 0 aromatic carbocycles. The largest absolute Gasteiger partial charge is 0.444 e. The predicted molar refractivity (Wildman–Crippen MR) is 527 cm³/mol. The average molecular weight is 2220 g/mol. The Hall–Kier alpha value is -13.7. The molecule has 9 aliphatic rings. The number of carbonyl (C=O) groups excluding carboxylic acids is 8. The molecule has 5 fully saturated rings. The van der Waals surface area contributed by atoms with Gasteiger partial charge in [0.15, 0.2) is 0 Å². The first-order valence-electron chi connectivity index (χ1n) is 44.9. The number of amides is 7. The molecule has 146 heavy (non-hydrogen) atoms. The number of pyridine rings is 5. The van der Waals surface area contributed by atoms with E-state index in [-0.39, 0.29) is 212 Å². The number of hydrogen-bond acceptors (Lipinski definition) is 29. The monoisotopic (exact) mass is 2220 g/mol. The third-order valence-electron chi connectivity index (χ3n) is 24.5. The van der Waals surface area contributed by atoms with Crippen molar-refractivity contribution in [3.8, 4) is 0 Å². The fraction of sp³-hybridized carbons (Fsp3) is 0.462. The van der Waals surface area contributed by atoms with Crippen LogP contribution in [0.15, 0.2) is 113 Å². The van der Waals surface area contributed by atoms with E-state index in [0.29, 0.717) is 54.2 Å². The average Bonchev–Trinajstić information content (AvgIpc) is 1.69. The van der Waals surface area contributed by atoms with Crippen LogP contribution in [0.5, 0.6) is 0 Å². The van der Waals surface area contributed by atoms with Gasteiger partial charge in [-0.3, -0.25) is 81.6 Å². The number of H-pyrrole nitrogens is 1. The number of ketones is 1. The molecule has 4 spiro atoms. The molecule has 5 aliphatic carbocycles. The Morgan fingerprint density at radius 2 is 0.610 bits per heavy atom. The van der Waals surface area contributed by atoms with Gasteiger partial charge in [0.2, 0.25) is 29.6 Å². The highest BCUT2D eigenvalue weighted by Crippen LogP contribution is 2.49. The molecule has 55 heteroatoms. The zero-order chi connectivity index (χ0) is 106. The third-order valence-corrected chi connectivity index (χ3v) is 25.6. The molecule has 13 heterocycles. The number of carbonyl (C=O) groups is 8. The van der Waals surface area contributed by atoms with E-state index in [1.165, 1.54) is 73.9 Å².